The number of aldehydes is 1. The maximum absolute atomic E-state index is 11.7. The highest BCUT2D eigenvalue weighted by Crippen LogP contribution is 2.25. The lowest BCUT2D eigenvalue weighted by Gasteiger charge is -2.37. The zero-order valence-corrected chi connectivity index (χ0v) is 9.66. The molecule has 4 heteroatoms. The topological polar surface area (TPSA) is 46.6 Å². The molecule has 1 aliphatic rings. The maximum atomic E-state index is 11.7. The molecule has 1 saturated carbocycles. The van der Waals surface area contributed by atoms with Crippen LogP contribution in [0.15, 0.2) is 0 Å². The zero-order chi connectivity index (χ0) is 11.5. The van der Waals surface area contributed by atoms with Crippen molar-refractivity contribution in [1.29, 1.82) is 0 Å². The van der Waals surface area contributed by atoms with Crippen LogP contribution in [0.1, 0.15) is 40.0 Å². The molecule has 0 aliphatic heterocycles. The molecule has 0 heterocycles. The molecule has 0 radical (unpaired) electrons. The van der Waals surface area contributed by atoms with Crippen molar-refractivity contribution in [2.45, 2.75) is 51.7 Å². The van der Waals surface area contributed by atoms with Crippen molar-refractivity contribution >= 4 is 12.4 Å². The first kappa shape index (κ1) is 12.0. The minimum absolute atomic E-state index is 0.138. The van der Waals surface area contributed by atoms with Crippen LogP contribution in [0.5, 0.6) is 0 Å². The van der Waals surface area contributed by atoms with Crippen molar-refractivity contribution in [2.24, 2.45) is 0 Å². The number of carbonyl (C=O) groups excluding carboxylic acids is 2. The number of hydrogen-bond donors (Lipinski definition) is 0. The highest BCUT2D eigenvalue weighted by atomic mass is 16.6. The summed E-state index contributed by atoms with van der Waals surface area (Å²) < 4.78 is 5.24. The van der Waals surface area contributed by atoms with Gasteiger partial charge >= 0.3 is 6.09 Å². The number of amides is 1. The van der Waals surface area contributed by atoms with Crippen LogP contribution in [-0.2, 0) is 9.53 Å². The normalized spacial score (nSPS) is 16.7. The highest BCUT2D eigenvalue weighted by Gasteiger charge is 2.31. The van der Waals surface area contributed by atoms with Crippen molar-refractivity contribution < 1.29 is 14.3 Å². The molecule has 1 fully saturated rings. The first-order chi connectivity index (χ1) is 6.94. The Kier molecular flexibility index (Phi) is 3.72. The minimum Gasteiger partial charge on any atom is -0.444 e. The van der Waals surface area contributed by atoms with Crippen molar-refractivity contribution in [1.82, 2.24) is 4.90 Å². The van der Waals surface area contributed by atoms with Gasteiger partial charge < -0.3 is 9.53 Å². The summed E-state index contributed by atoms with van der Waals surface area (Å²) in [6, 6.07) is 0.199. The van der Waals surface area contributed by atoms with Crippen LogP contribution in [0.3, 0.4) is 0 Å². The number of carbonyl (C=O) groups is 2. The SMILES string of the molecule is CC(C)(C)OC(=O)N(CC=O)C1CCC1. The lowest BCUT2D eigenvalue weighted by atomic mass is 9.92. The minimum atomic E-state index is -0.498. The van der Waals surface area contributed by atoms with Crippen LogP contribution in [-0.4, -0.2) is 35.5 Å². The molecular weight excluding hydrogens is 194 g/mol. The van der Waals surface area contributed by atoms with Crippen LogP contribution in [0.4, 0.5) is 4.79 Å². The highest BCUT2D eigenvalue weighted by molar-refractivity contribution is 5.72. The summed E-state index contributed by atoms with van der Waals surface area (Å²) in [4.78, 5) is 23.7. The molecule has 15 heavy (non-hydrogen) atoms. The van der Waals surface area contributed by atoms with Crippen molar-refractivity contribution in [2.75, 3.05) is 6.54 Å². The molecule has 0 aromatic rings. The number of nitrogens with zero attached hydrogens (tertiary/aromatic N) is 1. The van der Waals surface area contributed by atoms with Gasteiger partial charge in [0.05, 0.1) is 6.54 Å². The molecule has 1 rings (SSSR count). The average Bonchev–Trinajstić information content (AvgIpc) is 1.96. The summed E-state index contributed by atoms with van der Waals surface area (Å²) in [6.45, 7) is 5.61. The zero-order valence-electron chi connectivity index (χ0n) is 9.66. The maximum Gasteiger partial charge on any atom is 0.410 e. The Morgan fingerprint density at radius 2 is 2.07 bits per heavy atom. The average molecular weight is 213 g/mol. The van der Waals surface area contributed by atoms with Gasteiger partial charge in [0.2, 0.25) is 0 Å². The molecule has 0 spiro atoms. The van der Waals surface area contributed by atoms with E-state index in [2.05, 4.69) is 0 Å². The number of hydrogen-bond acceptors (Lipinski definition) is 3. The van der Waals surface area contributed by atoms with Gasteiger partial charge in [0.1, 0.15) is 11.9 Å². The largest absolute Gasteiger partial charge is 0.444 e. The molecule has 1 amide bonds. The molecule has 0 unspecified atom stereocenters. The molecule has 86 valence electrons. The predicted octanol–water partition coefficient (Wildman–Crippen LogP) is 1.97. The summed E-state index contributed by atoms with van der Waals surface area (Å²) in [6.07, 6.45) is 3.46. The lowest BCUT2D eigenvalue weighted by molar-refractivity contribution is -0.109. The second kappa shape index (κ2) is 4.64. The van der Waals surface area contributed by atoms with Crippen molar-refractivity contribution in [3.8, 4) is 0 Å². The van der Waals surface area contributed by atoms with Crippen molar-refractivity contribution in [3.05, 3.63) is 0 Å². The summed E-state index contributed by atoms with van der Waals surface area (Å²) in [5, 5.41) is 0. The van der Waals surface area contributed by atoms with Gasteiger partial charge in [-0.3, -0.25) is 4.90 Å². The van der Waals surface area contributed by atoms with E-state index in [0.717, 1.165) is 25.5 Å². The fourth-order valence-corrected chi connectivity index (χ4v) is 1.47. The van der Waals surface area contributed by atoms with E-state index in [4.69, 9.17) is 4.74 Å². The third-order valence-corrected chi connectivity index (χ3v) is 2.41. The van der Waals surface area contributed by atoms with Gasteiger partial charge in [-0.15, -0.1) is 0 Å². The number of rotatable bonds is 3. The van der Waals surface area contributed by atoms with Gasteiger partial charge in [-0.25, -0.2) is 4.79 Å². The molecule has 0 N–H and O–H groups in total. The van der Waals surface area contributed by atoms with Gasteiger partial charge in [0, 0.05) is 6.04 Å². The monoisotopic (exact) mass is 213 g/mol. The third kappa shape index (κ3) is 3.53. The second-order valence-corrected chi connectivity index (χ2v) is 4.88. The standard InChI is InChI=1S/C11H19NO3/c1-11(2,3)15-10(14)12(7-8-13)9-5-4-6-9/h8-9H,4-7H2,1-3H3. The van der Waals surface area contributed by atoms with E-state index in [1.807, 2.05) is 20.8 Å². The molecule has 1 aliphatic carbocycles. The van der Waals surface area contributed by atoms with E-state index in [0.29, 0.717) is 0 Å². The summed E-state index contributed by atoms with van der Waals surface area (Å²) in [5.74, 6) is 0. The summed E-state index contributed by atoms with van der Waals surface area (Å²) in [7, 11) is 0. The van der Waals surface area contributed by atoms with E-state index in [1.165, 1.54) is 4.90 Å². The van der Waals surface area contributed by atoms with Crippen molar-refractivity contribution in [3.63, 3.8) is 0 Å². The van der Waals surface area contributed by atoms with E-state index in [-0.39, 0.29) is 18.7 Å². The molecule has 0 aromatic heterocycles. The third-order valence-electron chi connectivity index (χ3n) is 2.41. The first-order valence-corrected chi connectivity index (χ1v) is 5.37. The second-order valence-electron chi connectivity index (χ2n) is 4.88. The molecule has 0 saturated heterocycles. The fourth-order valence-electron chi connectivity index (χ4n) is 1.47. The Hall–Kier alpha value is -1.06. The van der Waals surface area contributed by atoms with Gasteiger partial charge in [-0.05, 0) is 40.0 Å². The van der Waals surface area contributed by atoms with Gasteiger partial charge in [0.25, 0.3) is 0 Å². The van der Waals surface area contributed by atoms with Crippen LogP contribution in [0, 0.1) is 0 Å². The Balaban J connectivity index is 2.54. The molecular formula is C11H19NO3. The van der Waals surface area contributed by atoms with Crippen LogP contribution >= 0.6 is 0 Å². The van der Waals surface area contributed by atoms with E-state index >= 15 is 0 Å². The van der Waals surface area contributed by atoms with Crippen LogP contribution in [0.2, 0.25) is 0 Å². The molecule has 4 nitrogen and oxygen atoms in total. The van der Waals surface area contributed by atoms with Gasteiger partial charge in [0.15, 0.2) is 0 Å². The Morgan fingerprint density at radius 3 is 2.40 bits per heavy atom. The van der Waals surface area contributed by atoms with Crippen LogP contribution in [0.25, 0.3) is 0 Å². The van der Waals surface area contributed by atoms with E-state index < -0.39 is 5.60 Å². The van der Waals surface area contributed by atoms with E-state index in [1.54, 1.807) is 0 Å². The molecule has 0 bridgehead atoms. The lowest BCUT2D eigenvalue weighted by Crippen LogP contribution is -2.47. The van der Waals surface area contributed by atoms with E-state index in [9.17, 15) is 9.59 Å². The van der Waals surface area contributed by atoms with Gasteiger partial charge in [-0.1, -0.05) is 0 Å². The number of ether oxygens (including phenoxy) is 1. The molecule has 0 atom stereocenters. The fraction of sp³-hybridized carbons (Fsp3) is 0.818. The first-order valence-electron chi connectivity index (χ1n) is 5.37. The predicted molar refractivity (Wildman–Crippen MR) is 56.6 cm³/mol. The smallest absolute Gasteiger partial charge is 0.410 e. The molecule has 0 aromatic carbocycles. The summed E-state index contributed by atoms with van der Waals surface area (Å²) in [5.41, 5.74) is -0.498. The van der Waals surface area contributed by atoms with Gasteiger partial charge in [-0.2, -0.15) is 0 Å². The van der Waals surface area contributed by atoms with Crippen LogP contribution < -0.4 is 0 Å². The Labute approximate surface area is 90.6 Å². The Bertz CT molecular complexity index is 241. The summed E-state index contributed by atoms with van der Waals surface area (Å²) >= 11 is 0. The quantitative estimate of drug-likeness (QED) is 0.673. The Morgan fingerprint density at radius 1 is 1.47 bits per heavy atom.